The number of thioether (sulfide) groups is 1. The summed E-state index contributed by atoms with van der Waals surface area (Å²) in [6, 6.07) is 8.23. The molecule has 0 aliphatic rings. The third-order valence-electron chi connectivity index (χ3n) is 3.46. The van der Waals surface area contributed by atoms with E-state index in [1.54, 1.807) is 0 Å². The van der Waals surface area contributed by atoms with Crippen LogP contribution in [0.25, 0.3) is 11.4 Å². The van der Waals surface area contributed by atoms with Crippen LogP contribution in [0.2, 0.25) is 0 Å². The van der Waals surface area contributed by atoms with Crippen LogP contribution in [0, 0.1) is 6.92 Å². The fraction of sp³-hybridized carbons (Fsp3) is 0.294. The van der Waals surface area contributed by atoms with Crippen LogP contribution < -0.4 is 0 Å². The molecule has 0 bridgehead atoms. The van der Waals surface area contributed by atoms with Gasteiger partial charge in [-0.3, -0.25) is 4.57 Å². The smallest absolute Gasteiger partial charge is 0.237 e. The van der Waals surface area contributed by atoms with E-state index in [0.29, 0.717) is 18.2 Å². The van der Waals surface area contributed by atoms with Crippen LogP contribution in [-0.2, 0) is 18.7 Å². The highest BCUT2D eigenvalue weighted by molar-refractivity contribution is 7.98. The summed E-state index contributed by atoms with van der Waals surface area (Å²) in [5.74, 6) is 2.72. The maximum atomic E-state index is 5.22. The van der Waals surface area contributed by atoms with Gasteiger partial charge in [0, 0.05) is 18.5 Å². The number of allylic oxidation sites excluding steroid dienone is 1. The van der Waals surface area contributed by atoms with Gasteiger partial charge in [-0.2, -0.15) is 4.98 Å². The molecular weight excluding hydrogens is 322 g/mol. The van der Waals surface area contributed by atoms with Gasteiger partial charge in [0.1, 0.15) is 0 Å². The second kappa shape index (κ2) is 7.44. The minimum atomic E-state index is 0.566. The molecular formula is C17H19N5OS. The zero-order valence-corrected chi connectivity index (χ0v) is 14.6. The third kappa shape index (κ3) is 3.56. The zero-order chi connectivity index (χ0) is 16.9. The van der Waals surface area contributed by atoms with Gasteiger partial charge < -0.3 is 4.52 Å². The average Bonchev–Trinajstić information content (AvgIpc) is 3.20. The SMILES string of the molecule is C=CCn1c(SCc2nc(CC)no2)nnc1-c1cccc(C)c1. The molecule has 0 amide bonds. The largest absolute Gasteiger partial charge is 0.338 e. The number of aromatic nitrogens is 5. The molecule has 0 atom stereocenters. The molecule has 1 aromatic carbocycles. The zero-order valence-electron chi connectivity index (χ0n) is 13.8. The molecule has 0 N–H and O–H groups in total. The van der Waals surface area contributed by atoms with Gasteiger partial charge >= 0.3 is 0 Å². The molecule has 0 radical (unpaired) electrons. The molecule has 3 aromatic rings. The Kier molecular flexibility index (Phi) is 5.10. The summed E-state index contributed by atoms with van der Waals surface area (Å²) in [7, 11) is 0. The van der Waals surface area contributed by atoms with Crippen molar-refractivity contribution in [3.05, 3.63) is 54.2 Å². The molecule has 2 aromatic heterocycles. The number of rotatable bonds is 7. The van der Waals surface area contributed by atoms with E-state index in [2.05, 4.69) is 46.0 Å². The Bertz CT molecular complexity index is 839. The highest BCUT2D eigenvalue weighted by atomic mass is 32.2. The van der Waals surface area contributed by atoms with E-state index in [9.17, 15) is 0 Å². The summed E-state index contributed by atoms with van der Waals surface area (Å²) < 4.78 is 7.27. The lowest BCUT2D eigenvalue weighted by atomic mass is 10.1. The molecule has 24 heavy (non-hydrogen) atoms. The molecule has 0 saturated carbocycles. The molecule has 0 aliphatic heterocycles. The van der Waals surface area contributed by atoms with Crippen molar-refractivity contribution in [2.45, 2.75) is 37.7 Å². The van der Waals surface area contributed by atoms with Gasteiger partial charge in [-0.25, -0.2) is 0 Å². The topological polar surface area (TPSA) is 69.6 Å². The van der Waals surface area contributed by atoms with Gasteiger partial charge in [0.2, 0.25) is 5.89 Å². The molecule has 124 valence electrons. The first-order chi connectivity index (χ1) is 11.7. The Morgan fingerprint density at radius 2 is 2.21 bits per heavy atom. The van der Waals surface area contributed by atoms with Crippen LogP contribution >= 0.6 is 11.8 Å². The van der Waals surface area contributed by atoms with Crippen LogP contribution in [0.1, 0.15) is 24.2 Å². The normalized spacial score (nSPS) is 10.9. The summed E-state index contributed by atoms with van der Waals surface area (Å²) in [5.41, 5.74) is 2.23. The van der Waals surface area contributed by atoms with E-state index in [1.807, 2.05) is 29.7 Å². The van der Waals surface area contributed by atoms with Crippen molar-refractivity contribution in [2.24, 2.45) is 0 Å². The molecule has 7 heteroatoms. The van der Waals surface area contributed by atoms with Gasteiger partial charge in [-0.15, -0.1) is 16.8 Å². The van der Waals surface area contributed by atoms with Gasteiger partial charge in [-0.1, -0.05) is 53.7 Å². The lowest BCUT2D eigenvalue weighted by Gasteiger charge is -2.07. The fourth-order valence-electron chi connectivity index (χ4n) is 2.31. The summed E-state index contributed by atoms with van der Waals surface area (Å²) in [5, 5.41) is 13.4. The molecule has 0 aliphatic carbocycles. The van der Waals surface area contributed by atoms with Gasteiger partial charge in [-0.05, 0) is 13.0 Å². The van der Waals surface area contributed by atoms with Crippen LogP contribution in [0.5, 0.6) is 0 Å². The quantitative estimate of drug-likeness (QED) is 0.482. The van der Waals surface area contributed by atoms with Crippen molar-refractivity contribution in [2.75, 3.05) is 0 Å². The highest BCUT2D eigenvalue weighted by Gasteiger charge is 2.15. The second-order valence-corrected chi connectivity index (χ2v) is 6.26. The number of hydrogen-bond donors (Lipinski definition) is 0. The van der Waals surface area contributed by atoms with E-state index >= 15 is 0 Å². The summed E-state index contributed by atoms with van der Waals surface area (Å²) in [4.78, 5) is 4.32. The Balaban J connectivity index is 1.84. The van der Waals surface area contributed by atoms with Gasteiger partial charge in [0.15, 0.2) is 16.8 Å². The van der Waals surface area contributed by atoms with Crippen molar-refractivity contribution in [1.82, 2.24) is 24.9 Å². The second-order valence-electron chi connectivity index (χ2n) is 5.32. The van der Waals surface area contributed by atoms with E-state index in [0.717, 1.165) is 28.8 Å². The maximum absolute atomic E-state index is 5.22. The Morgan fingerprint density at radius 1 is 1.33 bits per heavy atom. The summed E-state index contributed by atoms with van der Waals surface area (Å²) in [6.07, 6.45) is 2.60. The van der Waals surface area contributed by atoms with Crippen molar-refractivity contribution in [3.8, 4) is 11.4 Å². The minimum absolute atomic E-state index is 0.566. The van der Waals surface area contributed by atoms with Crippen LogP contribution in [0.3, 0.4) is 0 Å². The average molecular weight is 341 g/mol. The molecule has 0 spiro atoms. The summed E-state index contributed by atoms with van der Waals surface area (Å²) in [6.45, 7) is 8.54. The number of nitrogens with zero attached hydrogens (tertiary/aromatic N) is 5. The molecule has 0 saturated heterocycles. The van der Waals surface area contributed by atoms with Crippen LogP contribution in [-0.4, -0.2) is 24.9 Å². The molecule has 0 unspecified atom stereocenters. The highest BCUT2D eigenvalue weighted by Crippen LogP contribution is 2.26. The van der Waals surface area contributed by atoms with E-state index in [-0.39, 0.29) is 0 Å². The first-order valence-electron chi connectivity index (χ1n) is 7.76. The predicted octanol–water partition coefficient (Wildman–Crippen LogP) is 3.68. The lowest BCUT2D eigenvalue weighted by Crippen LogP contribution is -2.01. The molecule has 2 heterocycles. The Morgan fingerprint density at radius 3 is 2.92 bits per heavy atom. The van der Waals surface area contributed by atoms with Crippen molar-refractivity contribution in [3.63, 3.8) is 0 Å². The number of benzene rings is 1. The van der Waals surface area contributed by atoms with Crippen molar-refractivity contribution >= 4 is 11.8 Å². The van der Waals surface area contributed by atoms with E-state index in [1.165, 1.54) is 17.3 Å². The fourth-order valence-corrected chi connectivity index (χ4v) is 3.09. The van der Waals surface area contributed by atoms with Crippen LogP contribution in [0.15, 0.2) is 46.6 Å². The Labute approximate surface area is 145 Å². The molecule has 6 nitrogen and oxygen atoms in total. The summed E-state index contributed by atoms with van der Waals surface area (Å²) >= 11 is 1.53. The third-order valence-corrected chi connectivity index (χ3v) is 4.41. The lowest BCUT2D eigenvalue weighted by molar-refractivity contribution is 0.385. The first kappa shape index (κ1) is 16.4. The van der Waals surface area contributed by atoms with Crippen molar-refractivity contribution in [1.29, 1.82) is 0 Å². The Hall–Kier alpha value is -2.41. The molecule has 0 fully saturated rings. The predicted molar refractivity (Wildman–Crippen MR) is 93.6 cm³/mol. The maximum Gasteiger partial charge on any atom is 0.237 e. The first-order valence-corrected chi connectivity index (χ1v) is 8.75. The van der Waals surface area contributed by atoms with E-state index < -0.39 is 0 Å². The standard InChI is InChI=1S/C17H19N5OS/c1-4-9-22-16(13-8-6-7-12(3)10-13)19-20-17(22)24-11-15-18-14(5-2)21-23-15/h4,6-8,10H,1,5,9,11H2,2-3H3. The monoisotopic (exact) mass is 341 g/mol. The van der Waals surface area contributed by atoms with Crippen LogP contribution in [0.4, 0.5) is 0 Å². The van der Waals surface area contributed by atoms with Gasteiger partial charge in [0.05, 0.1) is 5.75 Å². The molecule has 3 rings (SSSR count). The number of hydrogen-bond acceptors (Lipinski definition) is 6. The number of aryl methyl sites for hydroxylation is 2. The van der Waals surface area contributed by atoms with Gasteiger partial charge in [0.25, 0.3) is 0 Å². The minimum Gasteiger partial charge on any atom is -0.338 e. The van der Waals surface area contributed by atoms with Crippen molar-refractivity contribution < 1.29 is 4.52 Å². The van der Waals surface area contributed by atoms with E-state index in [4.69, 9.17) is 4.52 Å².